The van der Waals surface area contributed by atoms with Gasteiger partial charge in [-0.05, 0) is 36.8 Å². The first kappa shape index (κ1) is 11.3. The first-order chi connectivity index (χ1) is 8.14. The van der Waals surface area contributed by atoms with Gasteiger partial charge >= 0.3 is 0 Å². The number of phenolic OH excluding ortho intramolecular Hbond substituents is 1. The van der Waals surface area contributed by atoms with Gasteiger partial charge in [0.1, 0.15) is 11.5 Å². The lowest BCUT2D eigenvalue weighted by molar-refractivity contribution is 0.460. The fourth-order valence-electron chi connectivity index (χ4n) is 1.80. The highest BCUT2D eigenvalue weighted by atomic mass is 16.3. The number of rotatable bonds is 3. The third-order valence-corrected chi connectivity index (χ3v) is 2.86. The number of phenols is 1. The van der Waals surface area contributed by atoms with Gasteiger partial charge in [0.25, 0.3) is 0 Å². The van der Waals surface area contributed by atoms with E-state index in [9.17, 15) is 10.4 Å². The fraction of sp³-hybridized carbons (Fsp3) is 0.214. The summed E-state index contributed by atoms with van der Waals surface area (Å²) in [6.07, 6.45) is 2.12. The van der Waals surface area contributed by atoms with Gasteiger partial charge in [-0.1, -0.05) is 12.1 Å². The zero-order valence-corrected chi connectivity index (χ0v) is 9.55. The summed E-state index contributed by atoms with van der Waals surface area (Å²) in [4.78, 5) is 0. The third-order valence-electron chi connectivity index (χ3n) is 2.86. The first-order valence-electron chi connectivity index (χ1n) is 5.37. The number of hydrogen-bond donors (Lipinski definition) is 1. The van der Waals surface area contributed by atoms with Crippen molar-refractivity contribution in [3.8, 4) is 11.8 Å². The van der Waals surface area contributed by atoms with Crippen molar-refractivity contribution >= 4 is 0 Å². The van der Waals surface area contributed by atoms with E-state index in [1.165, 1.54) is 0 Å². The van der Waals surface area contributed by atoms with Gasteiger partial charge < -0.3 is 9.52 Å². The molecule has 3 nitrogen and oxygen atoms in total. The number of furan rings is 1. The second kappa shape index (κ2) is 4.34. The summed E-state index contributed by atoms with van der Waals surface area (Å²) in [6, 6.07) is 12.7. The average Bonchev–Trinajstić information content (AvgIpc) is 2.82. The van der Waals surface area contributed by atoms with Gasteiger partial charge in [0.2, 0.25) is 0 Å². The predicted molar refractivity (Wildman–Crippen MR) is 63.5 cm³/mol. The van der Waals surface area contributed by atoms with Gasteiger partial charge in [-0.15, -0.1) is 0 Å². The van der Waals surface area contributed by atoms with Crippen LogP contribution in [0, 0.1) is 11.3 Å². The van der Waals surface area contributed by atoms with Crippen molar-refractivity contribution in [1.82, 2.24) is 0 Å². The van der Waals surface area contributed by atoms with E-state index in [0.29, 0.717) is 6.42 Å². The monoisotopic (exact) mass is 227 g/mol. The molecule has 2 aromatic rings. The number of hydrogen-bond acceptors (Lipinski definition) is 3. The summed E-state index contributed by atoms with van der Waals surface area (Å²) in [6.45, 7) is 1.86. The van der Waals surface area contributed by atoms with Crippen LogP contribution >= 0.6 is 0 Å². The standard InChI is InChI=1S/C14H13NO2/c1-14(10-15,9-13-3-2-8-17-13)11-4-6-12(16)7-5-11/h2-8,16H,9H2,1H3. The van der Waals surface area contributed by atoms with Gasteiger partial charge in [0, 0.05) is 6.42 Å². The maximum atomic E-state index is 9.35. The lowest BCUT2D eigenvalue weighted by Gasteiger charge is -2.20. The molecule has 86 valence electrons. The summed E-state index contributed by atoms with van der Waals surface area (Å²) in [5.74, 6) is 0.981. The molecular formula is C14H13NO2. The number of aromatic hydroxyl groups is 1. The van der Waals surface area contributed by atoms with Gasteiger partial charge in [-0.3, -0.25) is 0 Å². The molecule has 0 saturated heterocycles. The fourth-order valence-corrected chi connectivity index (χ4v) is 1.80. The minimum atomic E-state index is -0.647. The Bertz CT molecular complexity index is 522. The molecular weight excluding hydrogens is 214 g/mol. The molecule has 0 fully saturated rings. The van der Waals surface area contributed by atoms with Crippen LogP contribution in [0.5, 0.6) is 5.75 Å². The largest absolute Gasteiger partial charge is 0.508 e. The van der Waals surface area contributed by atoms with Gasteiger partial charge in [0.15, 0.2) is 0 Å². The van der Waals surface area contributed by atoms with Crippen molar-refractivity contribution < 1.29 is 9.52 Å². The molecule has 17 heavy (non-hydrogen) atoms. The molecule has 0 bridgehead atoms. The van der Waals surface area contributed by atoms with E-state index in [4.69, 9.17) is 4.42 Å². The van der Waals surface area contributed by atoms with Crippen LogP contribution in [0.15, 0.2) is 47.1 Å². The maximum Gasteiger partial charge on any atom is 0.115 e. The number of nitrogens with zero attached hydrogens (tertiary/aromatic N) is 1. The van der Waals surface area contributed by atoms with Gasteiger partial charge in [-0.2, -0.15) is 5.26 Å². The smallest absolute Gasteiger partial charge is 0.115 e. The Labute approximate surface area is 99.9 Å². The maximum absolute atomic E-state index is 9.35. The van der Waals surface area contributed by atoms with Crippen LogP contribution < -0.4 is 0 Å². The van der Waals surface area contributed by atoms with Crippen LogP contribution in [0.25, 0.3) is 0 Å². The molecule has 1 aromatic carbocycles. The minimum absolute atomic E-state index is 0.201. The van der Waals surface area contributed by atoms with Crippen LogP contribution in [0.1, 0.15) is 18.2 Å². The summed E-state index contributed by atoms with van der Waals surface area (Å²) >= 11 is 0. The Hall–Kier alpha value is -2.21. The third kappa shape index (κ3) is 2.31. The van der Waals surface area contributed by atoms with Crippen molar-refractivity contribution in [2.45, 2.75) is 18.8 Å². The summed E-state index contributed by atoms with van der Waals surface area (Å²) in [5, 5.41) is 18.6. The molecule has 3 heteroatoms. The Kier molecular flexibility index (Phi) is 2.88. The van der Waals surface area contributed by atoms with Crippen LogP contribution in [0.3, 0.4) is 0 Å². The topological polar surface area (TPSA) is 57.2 Å². The van der Waals surface area contributed by atoms with Crippen molar-refractivity contribution in [3.05, 3.63) is 54.0 Å². The zero-order chi connectivity index (χ0) is 12.3. The number of benzene rings is 1. The Morgan fingerprint density at radius 1 is 1.29 bits per heavy atom. The molecule has 0 amide bonds. The Balaban J connectivity index is 2.31. The van der Waals surface area contributed by atoms with Gasteiger partial charge in [0.05, 0.1) is 17.7 Å². The van der Waals surface area contributed by atoms with Crippen LogP contribution in [0.2, 0.25) is 0 Å². The molecule has 0 radical (unpaired) electrons. The minimum Gasteiger partial charge on any atom is -0.508 e. The molecule has 1 N–H and O–H groups in total. The van der Waals surface area contributed by atoms with E-state index in [-0.39, 0.29) is 5.75 Å². The molecule has 0 aliphatic heterocycles. The van der Waals surface area contributed by atoms with Crippen molar-refractivity contribution in [3.63, 3.8) is 0 Å². The molecule has 0 saturated carbocycles. The second-order valence-corrected chi connectivity index (χ2v) is 4.25. The summed E-state index contributed by atoms with van der Waals surface area (Å²) < 4.78 is 5.28. The van der Waals surface area contributed by atoms with Crippen molar-refractivity contribution in [1.29, 1.82) is 5.26 Å². The molecule has 0 spiro atoms. The highest BCUT2D eigenvalue weighted by Gasteiger charge is 2.28. The Morgan fingerprint density at radius 2 is 2.00 bits per heavy atom. The quantitative estimate of drug-likeness (QED) is 0.876. The molecule has 1 heterocycles. The molecule has 1 unspecified atom stereocenters. The van der Waals surface area contributed by atoms with E-state index >= 15 is 0 Å². The molecule has 0 aliphatic carbocycles. The van der Waals surface area contributed by atoms with E-state index in [2.05, 4.69) is 6.07 Å². The zero-order valence-electron chi connectivity index (χ0n) is 9.55. The van der Waals surface area contributed by atoms with Crippen molar-refractivity contribution in [2.24, 2.45) is 0 Å². The van der Waals surface area contributed by atoms with Gasteiger partial charge in [-0.25, -0.2) is 0 Å². The lowest BCUT2D eigenvalue weighted by atomic mass is 9.80. The summed E-state index contributed by atoms with van der Waals surface area (Å²) in [5.41, 5.74) is 0.222. The van der Waals surface area contributed by atoms with Crippen LogP contribution in [0.4, 0.5) is 0 Å². The van der Waals surface area contributed by atoms with Crippen LogP contribution in [-0.2, 0) is 11.8 Å². The SMILES string of the molecule is CC(C#N)(Cc1ccco1)c1ccc(O)cc1. The molecule has 1 atom stereocenters. The second-order valence-electron chi connectivity index (χ2n) is 4.25. The normalized spacial score (nSPS) is 13.9. The molecule has 0 aliphatic rings. The number of nitriles is 1. The van der Waals surface area contributed by atoms with E-state index in [1.54, 1.807) is 30.5 Å². The Morgan fingerprint density at radius 3 is 2.53 bits per heavy atom. The van der Waals surface area contributed by atoms with E-state index < -0.39 is 5.41 Å². The predicted octanol–water partition coefficient (Wildman–Crippen LogP) is 3.01. The van der Waals surface area contributed by atoms with E-state index in [0.717, 1.165) is 11.3 Å². The average molecular weight is 227 g/mol. The summed E-state index contributed by atoms with van der Waals surface area (Å²) in [7, 11) is 0. The highest BCUT2D eigenvalue weighted by molar-refractivity contribution is 5.36. The lowest BCUT2D eigenvalue weighted by Crippen LogP contribution is -2.22. The highest BCUT2D eigenvalue weighted by Crippen LogP contribution is 2.28. The first-order valence-corrected chi connectivity index (χ1v) is 5.37. The molecule has 2 rings (SSSR count). The van der Waals surface area contributed by atoms with E-state index in [1.807, 2.05) is 19.1 Å². The van der Waals surface area contributed by atoms with Crippen LogP contribution in [-0.4, -0.2) is 5.11 Å². The molecule has 1 aromatic heterocycles. The van der Waals surface area contributed by atoms with Crippen molar-refractivity contribution in [2.75, 3.05) is 0 Å².